The molecule has 0 aliphatic carbocycles. The average Bonchev–Trinajstić information content (AvgIpc) is 3.44. The Kier molecular flexibility index (Phi) is 11.0. The number of hydrogen-bond acceptors (Lipinski definition) is 7. The van der Waals surface area contributed by atoms with Crippen molar-refractivity contribution in [1.82, 2.24) is 14.7 Å². The monoisotopic (exact) mass is 668 g/mol. The molecule has 3 aromatic rings. The van der Waals surface area contributed by atoms with Gasteiger partial charge in [-0.15, -0.1) is 0 Å². The number of rotatable bonds is 11. The number of hydrogen-bond donors (Lipinski definition) is 0. The van der Waals surface area contributed by atoms with Crippen molar-refractivity contribution in [3.63, 3.8) is 0 Å². The van der Waals surface area contributed by atoms with Crippen molar-refractivity contribution in [2.24, 2.45) is 0 Å². The van der Waals surface area contributed by atoms with E-state index < -0.39 is 13.7 Å². The zero-order chi connectivity index (χ0) is 33.8. The lowest BCUT2D eigenvalue weighted by Gasteiger charge is -2.42. The average molecular weight is 669 g/mol. The predicted octanol–water partition coefficient (Wildman–Crippen LogP) is 7.37. The first-order valence-corrected chi connectivity index (χ1v) is 20.7. The van der Waals surface area contributed by atoms with Crippen LogP contribution in [0.4, 0.5) is 14.9 Å². The van der Waals surface area contributed by atoms with E-state index in [0.717, 1.165) is 53.5 Å². The lowest BCUT2D eigenvalue weighted by molar-refractivity contribution is -0.00935. The maximum atomic E-state index is 14.0. The summed E-state index contributed by atoms with van der Waals surface area (Å²) in [5, 5.41) is 6.02. The maximum Gasteiger partial charge on any atom is 0.410 e. The van der Waals surface area contributed by atoms with E-state index in [1.165, 1.54) is 12.1 Å². The number of carbonyl (C=O) groups is 1. The lowest BCUT2D eigenvalue weighted by atomic mass is 9.73. The summed E-state index contributed by atoms with van der Waals surface area (Å²) in [7, 11) is -1.19. The molecule has 258 valence electrons. The van der Waals surface area contributed by atoms with Gasteiger partial charge >= 0.3 is 6.09 Å². The van der Waals surface area contributed by atoms with E-state index in [9.17, 15) is 9.18 Å². The van der Waals surface area contributed by atoms with Crippen molar-refractivity contribution < 1.29 is 28.1 Å². The van der Waals surface area contributed by atoms with E-state index in [1.807, 2.05) is 37.6 Å². The Labute approximate surface area is 280 Å². The number of carbonyl (C=O) groups excluding carboxylic acids is 1. The van der Waals surface area contributed by atoms with E-state index >= 15 is 0 Å². The number of piperidine rings is 1. The molecule has 47 heavy (non-hydrogen) atoms. The smallest absolute Gasteiger partial charge is 0.410 e. The molecule has 9 nitrogen and oxygen atoms in total. The van der Waals surface area contributed by atoms with Gasteiger partial charge in [-0.25, -0.2) is 13.9 Å². The van der Waals surface area contributed by atoms with Crippen molar-refractivity contribution in [3.8, 4) is 0 Å². The van der Waals surface area contributed by atoms with E-state index in [0.29, 0.717) is 52.5 Å². The summed E-state index contributed by atoms with van der Waals surface area (Å²) in [6.45, 7) is 20.4. The summed E-state index contributed by atoms with van der Waals surface area (Å²) in [5.74, 6) is -0.272. The van der Waals surface area contributed by atoms with Crippen LogP contribution >= 0.6 is 0 Å². The zero-order valence-electron chi connectivity index (χ0n) is 29.3. The molecule has 2 aliphatic heterocycles. The standard InChI is InChI=1S/C36H53FN4O5Si/c1-27(45-25-36(29-8-10-30(37)11-9-29)12-14-40(15-13-36)34(42)46-35(2,3)4)32-23-31(39-16-18-43-19-17-39)22-28-24-41(38-33(28)32)26-44-20-21-47(5,6)7/h8-11,22-24,27H,12-21,25-26H2,1-7H3. The number of halogens is 1. The summed E-state index contributed by atoms with van der Waals surface area (Å²) < 4.78 is 40.0. The van der Waals surface area contributed by atoms with E-state index in [-0.39, 0.29) is 23.4 Å². The van der Waals surface area contributed by atoms with E-state index in [4.69, 9.17) is 24.0 Å². The number of benzene rings is 2. The molecule has 2 fully saturated rings. The van der Waals surface area contributed by atoms with Crippen molar-refractivity contribution in [2.45, 2.75) is 90.1 Å². The summed E-state index contributed by atoms with van der Waals surface area (Å²) in [4.78, 5) is 17.0. The Bertz CT molecular complexity index is 1490. The van der Waals surface area contributed by atoms with Crippen molar-refractivity contribution in [1.29, 1.82) is 0 Å². The Morgan fingerprint density at radius 1 is 1.06 bits per heavy atom. The minimum absolute atomic E-state index is 0.268. The van der Waals surface area contributed by atoms with Crippen LogP contribution in [0.15, 0.2) is 42.6 Å². The number of nitrogens with zero attached hydrogens (tertiary/aromatic N) is 4. The van der Waals surface area contributed by atoms with Crippen LogP contribution in [0.3, 0.4) is 0 Å². The maximum absolute atomic E-state index is 14.0. The normalized spacial score (nSPS) is 18.0. The number of aromatic nitrogens is 2. The molecule has 2 aromatic carbocycles. The lowest BCUT2D eigenvalue weighted by Crippen LogP contribution is -2.48. The third kappa shape index (κ3) is 9.34. The molecule has 2 saturated heterocycles. The van der Waals surface area contributed by atoms with Gasteiger partial charge in [-0.3, -0.25) is 0 Å². The van der Waals surface area contributed by atoms with Gasteiger partial charge in [-0.05, 0) is 76.4 Å². The predicted molar refractivity (Wildman–Crippen MR) is 186 cm³/mol. The third-order valence-corrected chi connectivity index (χ3v) is 10.8. The van der Waals surface area contributed by atoms with E-state index in [2.05, 4.69) is 49.8 Å². The van der Waals surface area contributed by atoms with Crippen molar-refractivity contribution in [2.75, 3.05) is 57.5 Å². The van der Waals surface area contributed by atoms with Crippen LogP contribution in [0, 0.1) is 5.82 Å². The fourth-order valence-electron chi connectivity index (χ4n) is 6.25. The second-order valence-corrected chi connectivity index (χ2v) is 20.9. The SMILES string of the molecule is CC(OCC1(c2ccc(F)cc2)CCN(C(=O)OC(C)(C)C)CC1)c1cc(N2CCOCC2)cc2cn(COCC[Si](C)(C)C)nc12. The van der Waals surface area contributed by atoms with Crippen LogP contribution in [0.5, 0.6) is 0 Å². The first-order chi connectivity index (χ1) is 22.2. The third-order valence-electron chi connectivity index (χ3n) is 9.14. The number of amides is 1. The molecule has 0 N–H and O–H groups in total. The highest BCUT2D eigenvalue weighted by atomic mass is 28.3. The summed E-state index contributed by atoms with van der Waals surface area (Å²) in [6.07, 6.45) is 2.85. The number of morpholine rings is 1. The molecule has 0 bridgehead atoms. The van der Waals surface area contributed by atoms with Gasteiger partial charge in [0.25, 0.3) is 0 Å². The highest BCUT2D eigenvalue weighted by Crippen LogP contribution is 2.39. The molecule has 5 rings (SSSR count). The molecule has 2 aliphatic rings. The van der Waals surface area contributed by atoms with Gasteiger partial charge in [0, 0.05) is 69.1 Å². The molecule has 0 saturated carbocycles. The van der Waals surface area contributed by atoms with Crippen LogP contribution in [-0.2, 0) is 31.1 Å². The summed E-state index contributed by atoms with van der Waals surface area (Å²) >= 11 is 0. The van der Waals surface area contributed by atoms with Gasteiger partial charge in [0.05, 0.1) is 31.4 Å². The summed E-state index contributed by atoms with van der Waals surface area (Å²) in [5.41, 5.74) is 3.12. The Hall–Kier alpha value is -2.99. The Morgan fingerprint density at radius 3 is 2.38 bits per heavy atom. The first kappa shape index (κ1) is 35.3. The molecule has 0 spiro atoms. The highest BCUT2D eigenvalue weighted by molar-refractivity contribution is 6.76. The molecule has 1 amide bonds. The van der Waals surface area contributed by atoms with Gasteiger partial charge in [-0.1, -0.05) is 31.8 Å². The van der Waals surface area contributed by atoms with Gasteiger partial charge in [0.2, 0.25) is 0 Å². The van der Waals surface area contributed by atoms with Crippen LogP contribution in [0.1, 0.15) is 57.8 Å². The fraction of sp³-hybridized carbons (Fsp3) is 0.611. The second kappa shape index (κ2) is 14.6. The molecule has 1 unspecified atom stereocenters. The van der Waals surface area contributed by atoms with Crippen LogP contribution in [-0.4, -0.2) is 87.1 Å². The van der Waals surface area contributed by atoms with Gasteiger partial charge in [0.15, 0.2) is 0 Å². The molecular weight excluding hydrogens is 616 g/mol. The molecule has 11 heteroatoms. The van der Waals surface area contributed by atoms with Crippen LogP contribution < -0.4 is 4.90 Å². The number of anilines is 1. The molecule has 0 radical (unpaired) electrons. The topological polar surface area (TPSA) is 78.3 Å². The molecule has 3 heterocycles. The Balaban J connectivity index is 1.38. The largest absolute Gasteiger partial charge is 0.444 e. The molecular formula is C36H53FN4O5Si. The van der Waals surface area contributed by atoms with Gasteiger partial charge in [0.1, 0.15) is 18.1 Å². The van der Waals surface area contributed by atoms with Gasteiger partial charge < -0.3 is 28.7 Å². The molecule has 1 atom stereocenters. The molecule has 1 aromatic heterocycles. The quantitative estimate of drug-likeness (QED) is 0.156. The van der Waals surface area contributed by atoms with Crippen LogP contribution in [0.2, 0.25) is 25.7 Å². The minimum atomic E-state index is -1.19. The minimum Gasteiger partial charge on any atom is -0.444 e. The number of fused-ring (bicyclic) bond motifs is 1. The van der Waals surface area contributed by atoms with Crippen molar-refractivity contribution in [3.05, 3.63) is 59.5 Å². The summed E-state index contributed by atoms with van der Waals surface area (Å²) in [6, 6.07) is 12.2. The number of likely N-dealkylation sites (tertiary alicyclic amines) is 1. The first-order valence-electron chi connectivity index (χ1n) is 17.0. The highest BCUT2D eigenvalue weighted by Gasteiger charge is 2.39. The Morgan fingerprint density at radius 2 is 1.74 bits per heavy atom. The fourth-order valence-corrected chi connectivity index (χ4v) is 7.01. The van der Waals surface area contributed by atoms with E-state index in [1.54, 1.807) is 4.90 Å². The van der Waals surface area contributed by atoms with Crippen molar-refractivity contribution >= 4 is 30.8 Å². The van der Waals surface area contributed by atoms with Gasteiger partial charge in [-0.2, -0.15) is 5.10 Å². The zero-order valence-corrected chi connectivity index (χ0v) is 30.3. The van der Waals surface area contributed by atoms with Crippen LogP contribution in [0.25, 0.3) is 10.9 Å². The number of ether oxygens (including phenoxy) is 4. The second-order valence-electron chi connectivity index (χ2n) is 15.3.